The molecule has 6 N–H and O–H groups in total. The second-order valence-electron chi connectivity index (χ2n) is 4.17. The zero-order valence-electron chi connectivity index (χ0n) is 11.7. The first-order valence-corrected chi connectivity index (χ1v) is 9.34. The molecule has 1 amide bonds. The molecule has 0 heterocycles. The van der Waals surface area contributed by atoms with Crippen molar-refractivity contribution in [3.05, 3.63) is 17.2 Å². The summed E-state index contributed by atoms with van der Waals surface area (Å²) in [6.07, 6.45) is -1.89. The monoisotopic (exact) mass is 387 g/mol. The molecule has 1 rings (SSSR count). The van der Waals surface area contributed by atoms with Gasteiger partial charge in [-0.1, -0.05) is 11.6 Å². The Morgan fingerprint density at radius 2 is 1.87 bits per heavy atom. The van der Waals surface area contributed by atoms with E-state index in [4.69, 9.17) is 21.9 Å². The largest absolute Gasteiger partial charge is 0.360 e. The van der Waals surface area contributed by atoms with Crippen LogP contribution in [-0.2, 0) is 29.6 Å². The molecule has 23 heavy (non-hydrogen) atoms. The topological polar surface area (TPSA) is 179 Å². The number of anilines is 1. The molecule has 0 saturated carbocycles. The first-order valence-electron chi connectivity index (χ1n) is 5.87. The van der Waals surface area contributed by atoms with Gasteiger partial charge in [0.1, 0.15) is 4.90 Å². The van der Waals surface area contributed by atoms with Crippen LogP contribution < -0.4 is 15.6 Å². The molecule has 0 aliphatic rings. The van der Waals surface area contributed by atoms with Crippen LogP contribution in [0.1, 0.15) is 6.92 Å². The van der Waals surface area contributed by atoms with Crippen LogP contribution in [0.5, 0.6) is 0 Å². The van der Waals surface area contributed by atoms with Crippen LogP contribution in [0.3, 0.4) is 0 Å². The fraction of sp³-hybridized carbons (Fsp3) is 0.300. The van der Waals surface area contributed by atoms with E-state index in [2.05, 4.69) is 4.74 Å². The normalized spacial score (nSPS) is 13.6. The third-order valence-electron chi connectivity index (χ3n) is 2.46. The minimum atomic E-state index is -4.46. The molecular weight excluding hydrogens is 374 g/mol. The molecule has 0 bridgehead atoms. The van der Waals surface area contributed by atoms with Gasteiger partial charge in [-0.05, 0) is 19.1 Å². The highest BCUT2D eigenvalue weighted by Crippen LogP contribution is 2.32. The summed E-state index contributed by atoms with van der Waals surface area (Å²) < 4.78 is 50.5. The van der Waals surface area contributed by atoms with E-state index in [0.29, 0.717) is 6.07 Å². The Labute approximate surface area is 137 Å². The quantitative estimate of drug-likeness (QED) is 0.448. The Bertz CT molecular complexity index is 823. The van der Waals surface area contributed by atoms with Crippen molar-refractivity contribution in [1.82, 2.24) is 0 Å². The van der Waals surface area contributed by atoms with Crippen LogP contribution >= 0.6 is 11.6 Å². The van der Waals surface area contributed by atoms with E-state index < -0.39 is 52.7 Å². The van der Waals surface area contributed by atoms with Gasteiger partial charge in [-0.15, -0.1) is 0 Å². The second kappa shape index (κ2) is 7.09. The van der Waals surface area contributed by atoms with E-state index in [1.807, 2.05) is 5.32 Å². The number of carbonyl (C=O) groups excluding carboxylic acids is 1. The van der Waals surface area contributed by atoms with Crippen molar-refractivity contribution in [1.29, 1.82) is 0 Å². The van der Waals surface area contributed by atoms with Gasteiger partial charge >= 0.3 is 0 Å². The summed E-state index contributed by atoms with van der Waals surface area (Å²) >= 11 is 5.80. The summed E-state index contributed by atoms with van der Waals surface area (Å²) in [7, 11) is -8.73. The number of hydrogen-bond acceptors (Lipinski definition) is 7. The van der Waals surface area contributed by atoms with Gasteiger partial charge in [-0.3, -0.25) is 4.79 Å². The molecular formula is C10H14ClN3O7S2. The molecule has 130 valence electrons. The van der Waals surface area contributed by atoms with Gasteiger partial charge in [-0.25, -0.2) is 27.1 Å². The van der Waals surface area contributed by atoms with Gasteiger partial charge in [-0.2, -0.15) is 0 Å². The Kier molecular flexibility index (Phi) is 6.09. The number of aliphatic hydroxyl groups excluding tert-OH is 1. The van der Waals surface area contributed by atoms with E-state index >= 15 is 0 Å². The van der Waals surface area contributed by atoms with Crippen molar-refractivity contribution in [3.63, 3.8) is 0 Å². The second-order valence-corrected chi connectivity index (χ2v) is 7.66. The summed E-state index contributed by atoms with van der Waals surface area (Å²) in [5.41, 5.74) is -0.509. The predicted octanol–water partition coefficient (Wildman–Crippen LogP) is -1.07. The summed E-state index contributed by atoms with van der Waals surface area (Å²) in [5.74, 6) is -1.12. The van der Waals surface area contributed by atoms with Crippen LogP contribution in [0.25, 0.3) is 0 Å². The van der Waals surface area contributed by atoms with Gasteiger partial charge in [0.05, 0.1) is 15.6 Å². The highest BCUT2D eigenvalue weighted by molar-refractivity contribution is 7.90. The number of primary sulfonamides is 2. The van der Waals surface area contributed by atoms with Crippen LogP contribution in [0.2, 0.25) is 5.02 Å². The van der Waals surface area contributed by atoms with E-state index in [1.54, 1.807) is 0 Å². The van der Waals surface area contributed by atoms with Crippen molar-refractivity contribution in [3.8, 4) is 0 Å². The van der Waals surface area contributed by atoms with Gasteiger partial charge < -0.3 is 15.2 Å². The van der Waals surface area contributed by atoms with Crippen molar-refractivity contribution in [2.24, 2.45) is 10.3 Å². The average molecular weight is 388 g/mol. The molecule has 0 spiro atoms. The van der Waals surface area contributed by atoms with E-state index in [-0.39, 0.29) is 6.61 Å². The van der Waals surface area contributed by atoms with Crippen molar-refractivity contribution < 1.29 is 31.5 Å². The van der Waals surface area contributed by atoms with Gasteiger partial charge in [0.25, 0.3) is 5.91 Å². The Balaban J connectivity index is 3.46. The van der Waals surface area contributed by atoms with Crippen LogP contribution in [0, 0.1) is 0 Å². The number of nitrogens with one attached hydrogen (secondary N) is 1. The SMILES string of the molecule is CCOC(O)C(=O)Nc1c(Cl)cc(S(N)(=O)=O)cc1S(N)(=O)=O. The summed E-state index contributed by atoms with van der Waals surface area (Å²) in [6, 6.07) is 1.47. The van der Waals surface area contributed by atoms with Gasteiger partial charge in [0.15, 0.2) is 0 Å². The number of halogens is 1. The number of ether oxygens (including phenoxy) is 1. The molecule has 0 aliphatic carbocycles. The third kappa shape index (κ3) is 5.10. The van der Waals surface area contributed by atoms with Crippen molar-refractivity contribution in [2.45, 2.75) is 23.0 Å². The Hall–Kier alpha value is -1.28. The predicted molar refractivity (Wildman–Crippen MR) is 80.5 cm³/mol. The molecule has 1 atom stereocenters. The molecule has 0 aliphatic heterocycles. The third-order valence-corrected chi connectivity index (χ3v) is 4.59. The number of amides is 1. The highest BCUT2D eigenvalue weighted by atomic mass is 35.5. The molecule has 1 aromatic carbocycles. The maximum Gasteiger partial charge on any atom is 0.281 e. The lowest BCUT2D eigenvalue weighted by atomic mass is 10.3. The molecule has 1 unspecified atom stereocenters. The standard InChI is InChI=1S/C10H14ClN3O7S2/c1-2-21-10(16)9(15)14-8-6(11)3-5(22(12,17)18)4-7(8)23(13,19)20/h3-4,10,16H,2H2,1H3,(H,14,15)(H2,12,17,18)(H2,13,19,20). The van der Waals surface area contributed by atoms with Crippen molar-refractivity contribution >= 4 is 43.2 Å². The summed E-state index contributed by atoms with van der Waals surface area (Å²) in [5, 5.41) is 20.8. The lowest BCUT2D eigenvalue weighted by molar-refractivity contribution is -0.151. The number of hydrogen-bond donors (Lipinski definition) is 4. The molecule has 0 saturated heterocycles. The van der Waals surface area contributed by atoms with E-state index in [1.165, 1.54) is 6.92 Å². The number of carbonyl (C=O) groups is 1. The maximum atomic E-state index is 11.7. The van der Waals surface area contributed by atoms with Crippen LogP contribution in [0.15, 0.2) is 21.9 Å². The zero-order chi connectivity index (χ0) is 18.0. The Morgan fingerprint density at radius 3 is 2.30 bits per heavy atom. The summed E-state index contributed by atoms with van der Waals surface area (Å²) in [6.45, 7) is 1.52. The smallest absolute Gasteiger partial charge is 0.281 e. The van der Waals surface area contributed by atoms with E-state index in [0.717, 1.165) is 6.07 Å². The molecule has 0 aromatic heterocycles. The first-order chi connectivity index (χ1) is 10.4. The van der Waals surface area contributed by atoms with Crippen molar-refractivity contribution in [2.75, 3.05) is 11.9 Å². The molecule has 10 nitrogen and oxygen atoms in total. The average Bonchev–Trinajstić information content (AvgIpc) is 2.38. The van der Waals surface area contributed by atoms with Gasteiger partial charge in [0, 0.05) is 6.61 Å². The number of aliphatic hydroxyl groups is 1. The van der Waals surface area contributed by atoms with Crippen LogP contribution in [0.4, 0.5) is 5.69 Å². The molecule has 13 heteroatoms. The number of benzene rings is 1. The van der Waals surface area contributed by atoms with E-state index in [9.17, 15) is 26.7 Å². The lowest BCUT2D eigenvalue weighted by Gasteiger charge is -2.15. The first kappa shape index (κ1) is 19.8. The number of rotatable bonds is 6. The zero-order valence-corrected chi connectivity index (χ0v) is 14.1. The lowest BCUT2D eigenvalue weighted by Crippen LogP contribution is -2.31. The summed E-state index contributed by atoms with van der Waals surface area (Å²) in [4.78, 5) is 10.3. The van der Waals surface area contributed by atoms with Crippen LogP contribution in [-0.4, -0.2) is 40.7 Å². The van der Waals surface area contributed by atoms with Gasteiger partial charge in [0.2, 0.25) is 26.3 Å². The minimum Gasteiger partial charge on any atom is -0.360 e. The maximum absolute atomic E-state index is 11.7. The fourth-order valence-electron chi connectivity index (χ4n) is 1.49. The molecule has 0 fully saturated rings. The molecule has 0 radical (unpaired) electrons. The number of sulfonamides is 2. The Morgan fingerprint density at radius 1 is 1.30 bits per heavy atom. The highest BCUT2D eigenvalue weighted by Gasteiger charge is 2.25. The fourth-order valence-corrected chi connectivity index (χ4v) is 3.25. The number of nitrogens with two attached hydrogens (primary N) is 2. The molecule has 1 aromatic rings. The minimum absolute atomic E-state index is 0.00865.